The third kappa shape index (κ3) is 8.13. The van der Waals surface area contributed by atoms with Gasteiger partial charge in [0, 0.05) is 67.7 Å². The Hall–Kier alpha value is -5.32. The normalized spacial score (nSPS) is 30.2. The number of rotatable bonds is 3. The average Bonchev–Trinajstić information content (AvgIpc) is 3.78. The first-order chi connectivity index (χ1) is 26.4. The summed E-state index contributed by atoms with van der Waals surface area (Å²) in [7, 11) is 1.45. The summed E-state index contributed by atoms with van der Waals surface area (Å²) >= 11 is 0. The van der Waals surface area contributed by atoms with Crippen molar-refractivity contribution in [3.05, 3.63) is 53.3 Å². The zero-order valence-electron chi connectivity index (χ0n) is 33.0. The molecule has 0 aliphatic carbocycles. The highest BCUT2D eigenvalue weighted by Gasteiger charge is 2.49. The van der Waals surface area contributed by atoms with E-state index in [4.69, 9.17) is 18.9 Å². The highest BCUT2D eigenvalue weighted by molar-refractivity contribution is 6.22. The number of ether oxygens (including phenoxy) is 4. The summed E-state index contributed by atoms with van der Waals surface area (Å²) in [5.74, 6) is -7.01. The molecule has 4 aliphatic heterocycles. The van der Waals surface area contributed by atoms with Crippen molar-refractivity contribution in [1.29, 1.82) is 0 Å². The highest BCUT2D eigenvalue weighted by atomic mass is 16.7. The van der Waals surface area contributed by atoms with Crippen LogP contribution in [0.15, 0.2) is 57.4 Å². The van der Waals surface area contributed by atoms with Crippen LogP contribution in [0.3, 0.4) is 0 Å². The molecule has 0 radical (unpaired) electrons. The molecule has 16 heteroatoms. The van der Waals surface area contributed by atoms with Gasteiger partial charge in [-0.25, -0.2) is 4.99 Å². The van der Waals surface area contributed by atoms with Gasteiger partial charge in [0.15, 0.2) is 5.75 Å². The van der Waals surface area contributed by atoms with E-state index in [1.807, 2.05) is 0 Å². The predicted octanol–water partition coefficient (Wildman–Crippen LogP) is 5.09. The fourth-order valence-electron chi connectivity index (χ4n) is 7.28. The fourth-order valence-corrected chi connectivity index (χ4v) is 7.28. The van der Waals surface area contributed by atoms with Crippen LogP contribution >= 0.6 is 0 Å². The molecule has 0 saturated heterocycles. The van der Waals surface area contributed by atoms with Crippen molar-refractivity contribution < 1.29 is 53.8 Å². The van der Waals surface area contributed by atoms with Crippen LogP contribution in [0.25, 0.3) is 10.8 Å². The number of hydrogen-bond donors (Lipinski definition) is 6. The maximum absolute atomic E-state index is 14.4. The van der Waals surface area contributed by atoms with Crippen molar-refractivity contribution in [2.24, 2.45) is 38.9 Å². The van der Waals surface area contributed by atoms with E-state index in [0.717, 1.165) is 0 Å². The Morgan fingerprint density at radius 3 is 2.36 bits per heavy atom. The van der Waals surface area contributed by atoms with Crippen LogP contribution in [0.1, 0.15) is 64.4 Å². The number of fused-ring (bicyclic) bond motifs is 14. The largest absolute Gasteiger partial charge is 0.507 e. The summed E-state index contributed by atoms with van der Waals surface area (Å²) in [5, 5.41) is 59.9. The standard InChI is InChI=1S/C40H51N5O11/c1-18-11-10-12-19(2)38(52)43-26-17-25(44-45-39-41-14-15-42-39)28-29(34(26)50)33(49)23(6)36-30(28)37(51)40(8,56-36)54-16-13-27(53-9)20(3)35(55-24(7)46)22(5)32(48)21(4)31(18)47/h10-13,16-18,20-22,27,31-32,35,47-50H,14-15H2,1-9H3,(H,41,42)(H,43,52). The van der Waals surface area contributed by atoms with Crippen LogP contribution in [0, 0.1) is 30.6 Å². The Balaban J connectivity index is 1.69. The number of anilines is 1. The van der Waals surface area contributed by atoms with Gasteiger partial charge in [-0.15, -0.1) is 10.2 Å². The number of guanidine groups is 1. The van der Waals surface area contributed by atoms with Gasteiger partial charge in [0.2, 0.25) is 5.96 Å². The Bertz CT molecular complexity index is 2040. The summed E-state index contributed by atoms with van der Waals surface area (Å²) in [6.07, 6.45) is 3.74. The maximum atomic E-state index is 14.4. The quantitative estimate of drug-likeness (QED) is 0.136. The fraction of sp³-hybridized carbons (Fsp3) is 0.500. The minimum atomic E-state index is -1.98. The van der Waals surface area contributed by atoms with E-state index < -0.39 is 83.0 Å². The van der Waals surface area contributed by atoms with Crippen molar-refractivity contribution in [1.82, 2.24) is 5.32 Å². The van der Waals surface area contributed by atoms with Crippen LogP contribution in [0.5, 0.6) is 17.2 Å². The van der Waals surface area contributed by atoms with E-state index in [0.29, 0.717) is 13.1 Å². The lowest BCUT2D eigenvalue weighted by Gasteiger charge is -2.38. The molecular formula is C40H51N5O11. The molecule has 9 unspecified atom stereocenters. The molecule has 4 aliphatic rings. The van der Waals surface area contributed by atoms with Crippen LogP contribution in [0.2, 0.25) is 0 Å². The van der Waals surface area contributed by atoms with E-state index in [-0.39, 0.29) is 50.6 Å². The summed E-state index contributed by atoms with van der Waals surface area (Å²) in [6, 6.07) is 1.32. The number of nitrogens with zero attached hydrogens (tertiary/aromatic N) is 3. The van der Waals surface area contributed by atoms with Crippen LogP contribution in [-0.4, -0.2) is 94.4 Å². The van der Waals surface area contributed by atoms with E-state index in [1.165, 1.54) is 52.4 Å². The Kier molecular flexibility index (Phi) is 12.6. The molecule has 5 bridgehead atoms. The lowest BCUT2D eigenvalue weighted by Crippen LogP contribution is -2.46. The number of aliphatic imine (C=N–C) groups is 1. The second-order valence-electron chi connectivity index (χ2n) is 14.8. The molecule has 302 valence electrons. The number of hydrogen-bond acceptors (Lipinski definition) is 15. The number of carbonyl (C=O) groups is 3. The van der Waals surface area contributed by atoms with Gasteiger partial charge in [-0.1, -0.05) is 45.9 Å². The summed E-state index contributed by atoms with van der Waals surface area (Å²) in [5.41, 5.74) is 0.153. The number of aliphatic hydroxyl groups is 2. The molecule has 0 aromatic heterocycles. The molecule has 2 aromatic rings. The summed E-state index contributed by atoms with van der Waals surface area (Å²) in [6.45, 7) is 13.7. The monoisotopic (exact) mass is 777 g/mol. The molecule has 9 atom stereocenters. The summed E-state index contributed by atoms with van der Waals surface area (Å²) in [4.78, 5) is 44.4. The van der Waals surface area contributed by atoms with E-state index in [2.05, 4.69) is 25.9 Å². The molecule has 6 N–H and O–H groups in total. The minimum absolute atomic E-state index is 0.00167. The Morgan fingerprint density at radius 2 is 1.71 bits per heavy atom. The number of aromatic hydroxyl groups is 2. The lowest BCUT2D eigenvalue weighted by atomic mass is 9.78. The molecule has 16 nitrogen and oxygen atoms in total. The summed E-state index contributed by atoms with van der Waals surface area (Å²) < 4.78 is 23.6. The van der Waals surface area contributed by atoms with Gasteiger partial charge in [-0.05, 0) is 26.0 Å². The number of azo groups is 1. The first kappa shape index (κ1) is 41.8. The van der Waals surface area contributed by atoms with E-state index in [9.17, 15) is 34.8 Å². The zero-order valence-corrected chi connectivity index (χ0v) is 33.0. The number of ketones is 1. The number of nitrogens with one attached hydrogen (secondary N) is 2. The van der Waals surface area contributed by atoms with E-state index in [1.54, 1.807) is 46.8 Å². The first-order valence-electron chi connectivity index (χ1n) is 18.5. The molecule has 0 fully saturated rings. The van der Waals surface area contributed by atoms with Gasteiger partial charge >= 0.3 is 11.8 Å². The second-order valence-corrected chi connectivity index (χ2v) is 14.8. The molecule has 0 spiro atoms. The van der Waals surface area contributed by atoms with Crippen LogP contribution in [-0.2, 0) is 23.8 Å². The van der Waals surface area contributed by atoms with Crippen LogP contribution in [0.4, 0.5) is 11.4 Å². The molecule has 2 aromatic carbocycles. The third-order valence-corrected chi connectivity index (χ3v) is 10.7. The lowest BCUT2D eigenvalue weighted by molar-refractivity contribution is -0.160. The SMILES string of the molecule is COC1C=COC2(C)Oc3c(C)c(O)c4c(O)c(cc(N=NC5=NCCN5)c4c3C2=O)NC(=O)C(C)=CC=CC(C)C(O)C(C)C(O)C(C)C(OC(C)=O)C1C. The van der Waals surface area contributed by atoms with Crippen molar-refractivity contribution in [2.75, 3.05) is 25.5 Å². The highest BCUT2D eigenvalue weighted by Crippen LogP contribution is 2.54. The molecule has 4 heterocycles. The molecule has 0 saturated carbocycles. The predicted molar refractivity (Wildman–Crippen MR) is 207 cm³/mol. The number of esters is 1. The van der Waals surface area contributed by atoms with Gasteiger partial charge in [-0.3, -0.25) is 14.4 Å². The van der Waals surface area contributed by atoms with E-state index >= 15 is 0 Å². The Labute approximate surface area is 325 Å². The van der Waals surface area contributed by atoms with Gasteiger partial charge in [0.25, 0.3) is 11.7 Å². The number of allylic oxidation sites excluding steroid dienone is 2. The molecule has 1 amide bonds. The third-order valence-electron chi connectivity index (χ3n) is 10.7. The van der Waals surface area contributed by atoms with Crippen molar-refractivity contribution in [2.45, 2.75) is 85.6 Å². The zero-order chi connectivity index (χ0) is 41.2. The number of methoxy groups -OCH3 is 1. The number of phenols is 2. The van der Waals surface area contributed by atoms with Gasteiger partial charge in [0.05, 0.1) is 53.4 Å². The number of benzene rings is 2. The smallest absolute Gasteiger partial charge is 0.312 e. The maximum Gasteiger partial charge on any atom is 0.312 e. The Morgan fingerprint density at radius 1 is 1.00 bits per heavy atom. The molecule has 6 rings (SSSR count). The number of aliphatic hydroxyl groups excluding tert-OH is 2. The number of Topliss-reactive ketones (excluding diaryl/α,β-unsaturated/α-hetero) is 1. The number of amides is 1. The molecule has 56 heavy (non-hydrogen) atoms. The van der Waals surface area contributed by atoms with Crippen molar-refractivity contribution in [3.63, 3.8) is 0 Å². The van der Waals surface area contributed by atoms with Gasteiger partial charge in [0.1, 0.15) is 17.6 Å². The molecular weight excluding hydrogens is 726 g/mol. The van der Waals surface area contributed by atoms with Crippen LogP contribution < -0.4 is 15.4 Å². The average molecular weight is 778 g/mol. The first-order valence-corrected chi connectivity index (χ1v) is 18.5. The van der Waals surface area contributed by atoms with Gasteiger partial charge < -0.3 is 50.0 Å². The minimum Gasteiger partial charge on any atom is -0.507 e. The number of carbonyl (C=O) groups excluding carboxylic acids is 3. The van der Waals surface area contributed by atoms with Crippen molar-refractivity contribution >= 4 is 45.8 Å². The van der Waals surface area contributed by atoms with Gasteiger partial charge in [-0.2, -0.15) is 0 Å². The topological polar surface area (TPSA) is 230 Å². The van der Waals surface area contributed by atoms with Crippen molar-refractivity contribution in [3.8, 4) is 17.2 Å². The number of phenolic OH excluding ortho intramolecular Hbond substituents is 2. The second kappa shape index (κ2) is 16.8.